The molecule has 0 bridgehead atoms. The Bertz CT molecular complexity index is 1700. The van der Waals surface area contributed by atoms with Crippen molar-refractivity contribution < 1.29 is 9.18 Å². The predicted molar refractivity (Wildman–Crippen MR) is 141 cm³/mol. The second-order valence-corrected chi connectivity index (χ2v) is 8.95. The first-order valence-electron chi connectivity index (χ1n) is 12.3. The smallest absolute Gasteiger partial charge is 0.333 e. The molecule has 0 aliphatic carbocycles. The number of H-pyrrole nitrogens is 2. The van der Waals surface area contributed by atoms with E-state index in [1.807, 2.05) is 19.1 Å². The average molecular weight is 516 g/mol. The molecule has 0 radical (unpaired) electrons. The van der Waals surface area contributed by atoms with Crippen molar-refractivity contribution in [2.75, 3.05) is 5.32 Å². The Balaban J connectivity index is 1.44. The molecule has 0 saturated heterocycles. The summed E-state index contributed by atoms with van der Waals surface area (Å²) in [6.07, 6.45) is 4.82. The summed E-state index contributed by atoms with van der Waals surface area (Å²) in [6.45, 7) is 2.22. The molecule has 0 atom stereocenters. The van der Waals surface area contributed by atoms with Crippen LogP contribution in [0.2, 0.25) is 0 Å². The van der Waals surface area contributed by atoms with Crippen molar-refractivity contribution in [1.82, 2.24) is 29.1 Å². The highest BCUT2D eigenvalue weighted by atomic mass is 19.1. The normalized spacial score (nSPS) is 11.2. The van der Waals surface area contributed by atoms with Gasteiger partial charge >= 0.3 is 5.69 Å². The first-order chi connectivity index (χ1) is 18.4. The van der Waals surface area contributed by atoms with Crippen molar-refractivity contribution in [3.63, 3.8) is 0 Å². The molecule has 0 fully saturated rings. The second kappa shape index (κ2) is 10.7. The van der Waals surface area contributed by atoms with E-state index < -0.39 is 17.1 Å². The third kappa shape index (κ3) is 5.03. The van der Waals surface area contributed by atoms with Gasteiger partial charge in [-0.15, -0.1) is 0 Å². The van der Waals surface area contributed by atoms with E-state index in [9.17, 15) is 18.8 Å². The van der Waals surface area contributed by atoms with E-state index >= 15 is 0 Å². The summed E-state index contributed by atoms with van der Waals surface area (Å²) >= 11 is 0. The Morgan fingerprint density at radius 1 is 1.08 bits per heavy atom. The molecular formula is C27H26FN7O3. The van der Waals surface area contributed by atoms with Crippen LogP contribution in [0.3, 0.4) is 0 Å². The van der Waals surface area contributed by atoms with Gasteiger partial charge in [-0.05, 0) is 30.2 Å². The first-order valence-corrected chi connectivity index (χ1v) is 12.3. The molecule has 3 heterocycles. The summed E-state index contributed by atoms with van der Waals surface area (Å²) < 4.78 is 16.8. The molecule has 5 rings (SSSR count). The van der Waals surface area contributed by atoms with E-state index in [2.05, 4.69) is 25.3 Å². The van der Waals surface area contributed by atoms with E-state index in [0.717, 1.165) is 23.0 Å². The molecule has 11 heteroatoms. The SMILES string of the molecule is CCCCn1c(=O)n(Cc2ccccc2F)c(=O)c2[nH]c(Cc3ccc(NC(=O)c4cnc[nH]4)cc3)nc21. The van der Waals surface area contributed by atoms with Gasteiger partial charge in [0.15, 0.2) is 5.65 Å². The molecular weight excluding hydrogens is 489 g/mol. The number of anilines is 1. The van der Waals surface area contributed by atoms with Crippen LogP contribution in [0, 0.1) is 5.82 Å². The quantitative estimate of drug-likeness (QED) is 0.277. The number of fused-ring (bicyclic) bond motifs is 1. The summed E-state index contributed by atoms with van der Waals surface area (Å²) in [5, 5.41) is 2.79. The van der Waals surface area contributed by atoms with Crippen LogP contribution in [0.5, 0.6) is 0 Å². The lowest BCUT2D eigenvalue weighted by Crippen LogP contribution is -2.40. The third-order valence-corrected chi connectivity index (χ3v) is 6.26. The van der Waals surface area contributed by atoms with E-state index in [-0.39, 0.29) is 29.2 Å². The molecule has 5 aromatic rings. The molecule has 194 valence electrons. The Kier molecular flexibility index (Phi) is 6.98. The zero-order valence-corrected chi connectivity index (χ0v) is 20.7. The number of imidazole rings is 2. The Hall–Kier alpha value is -4.80. The number of aromatic amines is 2. The summed E-state index contributed by atoms with van der Waals surface area (Å²) in [4.78, 5) is 53.1. The number of nitrogens with zero attached hydrogens (tertiary/aromatic N) is 4. The minimum atomic E-state index is -0.545. The molecule has 3 aromatic heterocycles. The van der Waals surface area contributed by atoms with Crippen LogP contribution in [0.4, 0.5) is 10.1 Å². The maximum absolute atomic E-state index is 14.3. The number of aryl methyl sites for hydroxylation is 1. The van der Waals surface area contributed by atoms with Gasteiger partial charge < -0.3 is 15.3 Å². The molecule has 2 aromatic carbocycles. The number of carbonyl (C=O) groups excluding carboxylic acids is 1. The summed E-state index contributed by atoms with van der Waals surface area (Å²) in [6, 6.07) is 13.3. The predicted octanol–water partition coefficient (Wildman–Crippen LogP) is 3.44. The number of halogens is 1. The number of benzene rings is 2. The monoisotopic (exact) mass is 515 g/mol. The van der Waals surface area contributed by atoms with Gasteiger partial charge in [0.2, 0.25) is 0 Å². The second-order valence-electron chi connectivity index (χ2n) is 8.95. The number of nitrogens with one attached hydrogen (secondary N) is 3. The van der Waals surface area contributed by atoms with Gasteiger partial charge in [0.05, 0.1) is 19.1 Å². The van der Waals surface area contributed by atoms with Crippen LogP contribution in [-0.2, 0) is 19.5 Å². The number of hydrogen-bond acceptors (Lipinski definition) is 5. The van der Waals surface area contributed by atoms with Crippen LogP contribution in [-0.4, -0.2) is 35.0 Å². The number of hydrogen-bond donors (Lipinski definition) is 3. The summed E-state index contributed by atoms with van der Waals surface area (Å²) in [5.74, 6) is -0.266. The maximum Gasteiger partial charge on any atom is 0.333 e. The third-order valence-electron chi connectivity index (χ3n) is 6.26. The molecule has 0 spiro atoms. The highest BCUT2D eigenvalue weighted by molar-refractivity contribution is 6.02. The zero-order valence-electron chi connectivity index (χ0n) is 20.7. The van der Waals surface area contributed by atoms with Gasteiger partial charge in [-0.3, -0.25) is 18.7 Å². The zero-order chi connectivity index (χ0) is 26.6. The number of aromatic nitrogens is 6. The minimum Gasteiger partial charge on any atom is -0.341 e. The van der Waals surface area contributed by atoms with Crippen LogP contribution in [0.1, 0.15) is 47.2 Å². The van der Waals surface area contributed by atoms with Crippen LogP contribution in [0.15, 0.2) is 70.6 Å². The molecule has 0 unspecified atom stereocenters. The molecule has 0 aliphatic heterocycles. The Morgan fingerprint density at radius 3 is 2.58 bits per heavy atom. The Morgan fingerprint density at radius 2 is 1.87 bits per heavy atom. The average Bonchev–Trinajstić information content (AvgIpc) is 3.60. The molecule has 3 N–H and O–H groups in total. The molecule has 1 amide bonds. The lowest BCUT2D eigenvalue weighted by molar-refractivity contribution is 0.102. The van der Waals surface area contributed by atoms with Crippen LogP contribution in [0.25, 0.3) is 11.2 Å². The lowest BCUT2D eigenvalue weighted by atomic mass is 10.1. The number of unbranched alkanes of at least 4 members (excludes halogenated alkanes) is 1. The highest BCUT2D eigenvalue weighted by Crippen LogP contribution is 2.16. The fourth-order valence-corrected chi connectivity index (χ4v) is 4.23. The maximum atomic E-state index is 14.3. The van der Waals surface area contributed by atoms with Crippen molar-refractivity contribution in [2.45, 2.75) is 39.3 Å². The van der Waals surface area contributed by atoms with Crippen LogP contribution < -0.4 is 16.6 Å². The van der Waals surface area contributed by atoms with Crippen molar-refractivity contribution in [3.8, 4) is 0 Å². The van der Waals surface area contributed by atoms with Crippen molar-refractivity contribution in [3.05, 3.63) is 110 Å². The number of rotatable bonds is 9. The molecule has 0 aliphatic rings. The molecule has 10 nitrogen and oxygen atoms in total. The lowest BCUT2D eigenvalue weighted by Gasteiger charge is -2.11. The van der Waals surface area contributed by atoms with Crippen molar-refractivity contribution in [1.29, 1.82) is 0 Å². The van der Waals surface area contributed by atoms with E-state index in [1.54, 1.807) is 30.3 Å². The van der Waals surface area contributed by atoms with Gasteiger partial charge in [0, 0.05) is 24.2 Å². The van der Waals surface area contributed by atoms with E-state index in [1.165, 1.54) is 23.2 Å². The first kappa shape index (κ1) is 24.9. The van der Waals surface area contributed by atoms with Gasteiger partial charge in [0.1, 0.15) is 22.9 Å². The topological polar surface area (TPSA) is 130 Å². The van der Waals surface area contributed by atoms with Crippen molar-refractivity contribution >= 4 is 22.8 Å². The fourth-order valence-electron chi connectivity index (χ4n) is 4.23. The highest BCUT2D eigenvalue weighted by Gasteiger charge is 2.18. The van der Waals surface area contributed by atoms with E-state index in [0.29, 0.717) is 30.2 Å². The number of carbonyl (C=O) groups is 1. The standard InChI is InChI=1S/C27H26FN7O3/c1-2-3-12-34-24-23(26(37)35(27(34)38)15-18-6-4-5-7-20(18)28)32-22(33-24)13-17-8-10-19(11-9-17)31-25(36)21-14-29-16-30-21/h4-11,14,16H,2-3,12-13,15H2,1H3,(H,29,30)(H,31,36)(H,32,33). The largest absolute Gasteiger partial charge is 0.341 e. The van der Waals surface area contributed by atoms with Gasteiger partial charge in [0.25, 0.3) is 11.5 Å². The summed E-state index contributed by atoms with van der Waals surface area (Å²) in [5.41, 5.74) is 1.54. The van der Waals surface area contributed by atoms with Crippen molar-refractivity contribution in [2.24, 2.45) is 0 Å². The van der Waals surface area contributed by atoms with E-state index in [4.69, 9.17) is 0 Å². The fraction of sp³-hybridized carbons (Fsp3) is 0.222. The van der Waals surface area contributed by atoms with Gasteiger partial charge in [-0.2, -0.15) is 0 Å². The number of amides is 1. The summed E-state index contributed by atoms with van der Waals surface area (Å²) in [7, 11) is 0. The van der Waals surface area contributed by atoms with Gasteiger partial charge in [-0.25, -0.2) is 19.2 Å². The Labute approximate surface area is 216 Å². The van der Waals surface area contributed by atoms with Gasteiger partial charge in [-0.1, -0.05) is 43.7 Å². The minimum absolute atomic E-state index is 0.174. The molecule has 38 heavy (non-hydrogen) atoms. The molecule has 0 saturated carbocycles. The van der Waals surface area contributed by atoms with Crippen LogP contribution >= 0.6 is 0 Å².